The van der Waals surface area contributed by atoms with Crippen molar-refractivity contribution < 1.29 is 14.6 Å². The lowest BCUT2D eigenvalue weighted by Crippen LogP contribution is -2.41. The molecular formula is C15H22ClNO3. The van der Waals surface area contributed by atoms with Crippen LogP contribution in [0.15, 0.2) is 18.2 Å². The van der Waals surface area contributed by atoms with Crippen molar-refractivity contribution in [3.8, 4) is 5.75 Å². The fourth-order valence-electron chi connectivity index (χ4n) is 1.82. The number of benzene rings is 1. The van der Waals surface area contributed by atoms with E-state index in [1.54, 1.807) is 18.2 Å². The van der Waals surface area contributed by atoms with Crippen LogP contribution < -0.4 is 10.1 Å². The molecule has 0 fully saturated rings. The zero-order valence-electron chi connectivity index (χ0n) is 12.1. The highest BCUT2D eigenvalue weighted by atomic mass is 35.5. The molecule has 1 aromatic rings. The molecule has 0 aliphatic carbocycles. The van der Waals surface area contributed by atoms with E-state index in [0.717, 1.165) is 5.56 Å². The van der Waals surface area contributed by atoms with Crippen molar-refractivity contribution in [3.05, 3.63) is 28.8 Å². The van der Waals surface area contributed by atoms with Crippen molar-refractivity contribution in [3.63, 3.8) is 0 Å². The van der Waals surface area contributed by atoms with E-state index in [0.29, 0.717) is 17.2 Å². The minimum absolute atomic E-state index is 0.0388. The Kier molecular flexibility index (Phi) is 6.82. The number of hydrogen-bond acceptors (Lipinski definition) is 3. The maximum absolute atomic E-state index is 11.8. The quantitative estimate of drug-likeness (QED) is 0.813. The minimum atomic E-state index is -0.190. The number of amides is 1. The summed E-state index contributed by atoms with van der Waals surface area (Å²) in [6.45, 7) is 5.90. The van der Waals surface area contributed by atoms with Crippen LogP contribution in [0.2, 0.25) is 5.02 Å². The molecule has 1 rings (SSSR count). The van der Waals surface area contributed by atoms with Crippen molar-refractivity contribution in [1.29, 1.82) is 0 Å². The van der Waals surface area contributed by atoms with Crippen LogP contribution in [0.25, 0.3) is 0 Å². The Labute approximate surface area is 125 Å². The molecule has 4 nitrogen and oxygen atoms in total. The standard InChI is InChI=1S/C15H22ClNO3/c1-10(2)14(6-7-18)17-15(19)9-20-12-4-5-13(16)11(3)8-12/h4-5,8,10,14,18H,6-7,9H2,1-3H3,(H,17,19). The lowest BCUT2D eigenvalue weighted by atomic mass is 10.0. The Morgan fingerprint density at radius 1 is 1.45 bits per heavy atom. The largest absolute Gasteiger partial charge is 0.484 e. The molecule has 0 spiro atoms. The summed E-state index contributed by atoms with van der Waals surface area (Å²) in [5.74, 6) is 0.693. The van der Waals surface area contributed by atoms with Crippen LogP contribution in [0.5, 0.6) is 5.75 Å². The van der Waals surface area contributed by atoms with E-state index in [4.69, 9.17) is 21.4 Å². The van der Waals surface area contributed by atoms with Crippen LogP contribution in [0.4, 0.5) is 0 Å². The summed E-state index contributed by atoms with van der Waals surface area (Å²) in [6.07, 6.45) is 0.545. The van der Waals surface area contributed by atoms with Gasteiger partial charge >= 0.3 is 0 Å². The summed E-state index contributed by atoms with van der Waals surface area (Å²) < 4.78 is 5.43. The van der Waals surface area contributed by atoms with Gasteiger partial charge in [0.15, 0.2) is 6.61 Å². The highest BCUT2D eigenvalue weighted by Gasteiger charge is 2.15. The third kappa shape index (κ3) is 5.39. The molecule has 0 bridgehead atoms. The molecule has 0 heterocycles. The number of aliphatic hydroxyl groups excluding tert-OH is 1. The van der Waals surface area contributed by atoms with E-state index in [9.17, 15) is 4.79 Å². The van der Waals surface area contributed by atoms with Gasteiger partial charge in [0.05, 0.1) is 0 Å². The smallest absolute Gasteiger partial charge is 0.258 e. The van der Waals surface area contributed by atoms with E-state index in [1.807, 2.05) is 20.8 Å². The molecular weight excluding hydrogens is 278 g/mol. The maximum atomic E-state index is 11.8. The molecule has 1 aromatic carbocycles. The number of ether oxygens (including phenoxy) is 1. The molecule has 1 atom stereocenters. The van der Waals surface area contributed by atoms with Gasteiger partial charge in [-0.25, -0.2) is 0 Å². The fourth-order valence-corrected chi connectivity index (χ4v) is 1.93. The number of aliphatic hydroxyl groups is 1. The number of carbonyl (C=O) groups excluding carboxylic acids is 1. The van der Waals surface area contributed by atoms with Crippen molar-refractivity contribution in [2.75, 3.05) is 13.2 Å². The topological polar surface area (TPSA) is 58.6 Å². The van der Waals surface area contributed by atoms with Crippen LogP contribution in [0, 0.1) is 12.8 Å². The molecule has 1 unspecified atom stereocenters. The van der Waals surface area contributed by atoms with E-state index >= 15 is 0 Å². The fraction of sp³-hybridized carbons (Fsp3) is 0.533. The summed E-state index contributed by atoms with van der Waals surface area (Å²) in [5, 5.41) is 12.5. The predicted octanol–water partition coefficient (Wildman–Crippen LogP) is 2.55. The lowest BCUT2D eigenvalue weighted by molar-refractivity contribution is -0.124. The minimum Gasteiger partial charge on any atom is -0.484 e. The third-order valence-corrected chi connectivity index (χ3v) is 3.51. The number of rotatable bonds is 7. The number of aryl methyl sites for hydroxylation is 1. The molecule has 5 heteroatoms. The first kappa shape index (κ1) is 16.8. The third-order valence-electron chi connectivity index (χ3n) is 3.09. The second-order valence-electron chi connectivity index (χ2n) is 5.13. The molecule has 112 valence electrons. The van der Waals surface area contributed by atoms with Gasteiger partial charge in [-0.15, -0.1) is 0 Å². The Bertz CT molecular complexity index is 449. The number of carbonyl (C=O) groups is 1. The molecule has 0 aliphatic rings. The summed E-state index contributed by atoms with van der Waals surface area (Å²) in [5.41, 5.74) is 0.907. The number of nitrogens with one attached hydrogen (secondary N) is 1. The Morgan fingerprint density at radius 2 is 2.15 bits per heavy atom. The average molecular weight is 300 g/mol. The van der Waals surface area contributed by atoms with E-state index in [2.05, 4.69) is 5.32 Å². The van der Waals surface area contributed by atoms with Crippen molar-refractivity contribution in [1.82, 2.24) is 5.32 Å². The predicted molar refractivity (Wildman–Crippen MR) is 80.2 cm³/mol. The second-order valence-corrected chi connectivity index (χ2v) is 5.54. The summed E-state index contributed by atoms with van der Waals surface area (Å²) in [4.78, 5) is 11.8. The SMILES string of the molecule is Cc1cc(OCC(=O)NC(CCO)C(C)C)ccc1Cl. The van der Waals surface area contributed by atoms with Crippen LogP contribution in [-0.2, 0) is 4.79 Å². The van der Waals surface area contributed by atoms with Gasteiger partial charge in [-0.3, -0.25) is 4.79 Å². The summed E-state index contributed by atoms with van der Waals surface area (Å²) in [6, 6.07) is 5.23. The Hall–Kier alpha value is -1.26. The molecule has 0 aromatic heterocycles. The molecule has 1 amide bonds. The summed E-state index contributed by atoms with van der Waals surface area (Å²) in [7, 11) is 0. The van der Waals surface area contributed by atoms with Gasteiger partial charge in [-0.1, -0.05) is 25.4 Å². The first-order valence-corrected chi connectivity index (χ1v) is 7.11. The normalized spacial score (nSPS) is 12.3. The van der Waals surface area contributed by atoms with E-state index < -0.39 is 0 Å². The monoisotopic (exact) mass is 299 g/mol. The highest BCUT2D eigenvalue weighted by molar-refractivity contribution is 6.31. The van der Waals surface area contributed by atoms with Crippen LogP contribution >= 0.6 is 11.6 Å². The van der Waals surface area contributed by atoms with Gasteiger partial charge in [0.25, 0.3) is 5.91 Å². The molecule has 2 N–H and O–H groups in total. The summed E-state index contributed by atoms with van der Waals surface area (Å²) >= 11 is 5.92. The van der Waals surface area contributed by atoms with Crippen LogP contribution in [-0.4, -0.2) is 30.3 Å². The van der Waals surface area contributed by atoms with Gasteiger partial charge in [0.1, 0.15) is 5.75 Å². The highest BCUT2D eigenvalue weighted by Crippen LogP contribution is 2.20. The van der Waals surface area contributed by atoms with Gasteiger partial charge in [-0.2, -0.15) is 0 Å². The molecule has 0 saturated carbocycles. The number of halogens is 1. The molecule has 0 radical (unpaired) electrons. The average Bonchev–Trinajstić information content (AvgIpc) is 2.39. The van der Waals surface area contributed by atoms with Gasteiger partial charge in [0, 0.05) is 17.7 Å². The van der Waals surface area contributed by atoms with Gasteiger partial charge in [-0.05, 0) is 43.0 Å². The van der Waals surface area contributed by atoms with Crippen molar-refractivity contribution in [2.24, 2.45) is 5.92 Å². The Morgan fingerprint density at radius 3 is 2.70 bits per heavy atom. The number of hydrogen-bond donors (Lipinski definition) is 2. The lowest BCUT2D eigenvalue weighted by Gasteiger charge is -2.21. The molecule has 20 heavy (non-hydrogen) atoms. The van der Waals surface area contributed by atoms with E-state index in [-0.39, 0.29) is 31.1 Å². The zero-order valence-corrected chi connectivity index (χ0v) is 12.9. The van der Waals surface area contributed by atoms with Crippen molar-refractivity contribution >= 4 is 17.5 Å². The Balaban J connectivity index is 2.48. The van der Waals surface area contributed by atoms with Crippen LogP contribution in [0.1, 0.15) is 25.8 Å². The first-order valence-electron chi connectivity index (χ1n) is 6.73. The molecule has 0 aliphatic heterocycles. The van der Waals surface area contributed by atoms with E-state index in [1.165, 1.54) is 0 Å². The zero-order chi connectivity index (χ0) is 15.1. The molecule has 0 saturated heterocycles. The maximum Gasteiger partial charge on any atom is 0.258 e. The van der Waals surface area contributed by atoms with Gasteiger partial charge in [0.2, 0.25) is 0 Å². The van der Waals surface area contributed by atoms with Gasteiger partial charge < -0.3 is 15.2 Å². The van der Waals surface area contributed by atoms with Crippen molar-refractivity contribution in [2.45, 2.75) is 33.2 Å². The first-order chi connectivity index (χ1) is 9.43. The second kappa shape index (κ2) is 8.12. The van der Waals surface area contributed by atoms with Crippen LogP contribution in [0.3, 0.4) is 0 Å².